The van der Waals surface area contributed by atoms with Gasteiger partial charge in [0, 0.05) is 5.56 Å². The third-order valence-corrected chi connectivity index (χ3v) is 3.83. The molecule has 0 fully saturated rings. The highest BCUT2D eigenvalue weighted by Gasteiger charge is 2.36. The van der Waals surface area contributed by atoms with E-state index in [9.17, 15) is 13.2 Å². The van der Waals surface area contributed by atoms with Gasteiger partial charge in [-0.05, 0) is 18.6 Å². The number of allylic oxidation sites excluding steroid dienone is 1. The number of rotatable bonds is 4. The summed E-state index contributed by atoms with van der Waals surface area (Å²) in [5, 5.41) is 3.56. The van der Waals surface area contributed by atoms with Gasteiger partial charge < -0.3 is 10.6 Å². The van der Waals surface area contributed by atoms with Crippen LogP contribution in [0.4, 0.5) is 13.2 Å². The lowest BCUT2D eigenvalue weighted by Crippen LogP contribution is -2.11. The van der Waals surface area contributed by atoms with Crippen molar-refractivity contribution in [3.05, 3.63) is 58.5 Å². The van der Waals surface area contributed by atoms with Crippen LogP contribution in [-0.4, -0.2) is 5.84 Å². The molecule has 22 heavy (non-hydrogen) atoms. The quantitative estimate of drug-likeness (QED) is 0.386. The first-order chi connectivity index (χ1) is 10.3. The topological polar surface area (TPSA) is 47.6 Å². The summed E-state index contributed by atoms with van der Waals surface area (Å²) < 4.78 is 39.6. The van der Waals surface area contributed by atoms with Gasteiger partial charge in [-0.1, -0.05) is 42.1 Å². The maximum atomic E-state index is 13.2. The van der Waals surface area contributed by atoms with Crippen LogP contribution in [0, 0.1) is 0 Å². The van der Waals surface area contributed by atoms with Crippen LogP contribution < -0.4 is 5.73 Å². The first-order valence-corrected chi connectivity index (χ1v) is 7.03. The number of nitrogens with zero attached hydrogens (tertiary/aromatic N) is 1. The van der Waals surface area contributed by atoms with Crippen LogP contribution in [0.3, 0.4) is 0 Å². The van der Waals surface area contributed by atoms with Gasteiger partial charge in [-0.2, -0.15) is 13.2 Å². The largest absolute Gasteiger partial charge is 0.426 e. The SMILES string of the molecule is C=C(C)O/N=C(\N)c1cc(-c2ccccc2)c(C(F)(F)F)s1. The molecule has 1 heterocycles. The van der Waals surface area contributed by atoms with E-state index in [1.54, 1.807) is 37.3 Å². The number of amidine groups is 1. The average molecular weight is 326 g/mol. The minimum Gasteiger partial charge on any atom is -0.380 e. The van der Waals surface area contributed by atoms with Gasteiger partial charge in [0.05, 0.1) is 4.88 Å². The number of nitrogens with two attached hydrogens (primary N) is 1. The van der Waals surface area contributed by atoms with Crippen LogP contribution in [0.25, 0.3) is 11.1 Å². The second-order valence-corrected chi connectivity index (χ2v) is 5.54. The van der Waals surface area contributed by atoms with E-state index in [2.05, 4.69) is 11.7 Å². The van der Waals surface area contributed by atoms with Crippen molar-refractivity contribution in [3.63, 3.8) is 0 Å². The monoisotopic (exact) mass is 326 g/mol. The van der Waals surface area contributed by atoms with Crippen molar-refractivity contribution in [2.75, 3.05) is 0 Å². The van der Waals surface area contributed by atoms with Gasteiger partial charge in [0.2, 0.25) is 0 Å². The zero-order valence-corrected chi connectivity index (χ0v) is 12.5. The molecule has 116 valence electrons. The fourth-order valence-corrected chi connectivity index (χ4v) is 2.67. The number of thiophene rings is 1. The Kier molecular flexibility index (Phi) is 4.56. The van der Waals surface area contributed by atoms with Gasteiger partial charge >= 0.3 is 6.18 Å². The molecular weight excluding hydrogens is 313 g/mol. The molecule has 0 saturated heterocycles. The van der Waals surface area contributed by atoms with E-state index in [0.717, 1.165) is 0 Å². The molecule has 3 nitrogen and oxygen atoms in total. The van der Waals surface area contributed by atoms with E-state index < -0.39 is 11.1 Å². The van der Waals surface area contributed by atoms with Crippen molar-refractivity contribution < 1.29 is 18.0 Å². The number of hydrogen-bond acceptors (Lipinski definition) is 3. The van der Waals surface area contributed by atoms with Crippen molar-refractivity contribution in [2.24, 2.45) is 10.9 Å². The molecule has 2 rings (SSSR count). The number of halogens is 3. The highest BCUT2D eigenvalue weighted by Crippen LogP contribution is 2.42. The summed E-state index contributed by atoms with van der Waals surface area (Å²) in [7, 11) is 0. The molecule has 7 heteroatoms. The maximum Gasteiger partial charge on any atom is 0.426 e. The minimum atomic E-state index is -4.47. The van der Waals surface area contributed by atoms with Crippen molar-refractivity contribution in [3.8, 4) is 11.1 Å². The number of alkyl halides is 3. The molecule has 0 radical (unpaired) electrons. The molecule has 0 aliphatic carbocycles. The number of hydrogen-bond donors (Lipinski definition) is 1. The molecule has 2 aromatic rings. The van der Waals surface area contributed by atoms with Gasteiger partial charge in [0.1, 0.15) is 10.6 Å². The first-order valence-electron chi connectivity index (χ1n) is 6.22. The smallest absolute Gasteiger partial charge is 0.380 e. The van der Waals surface area contributed by atoms with Crippen LogP contribution in [-0.2, 0) is 11.0 Å². The summed E-state index contributed by atoms with van der Waals surface area (Å²) in [5.74, 6) is 0.166. The molecule has 1 aromatic heterocycles. The van der Waals surface area contributed by atoms with Crippen molar-refractivity contribution in [1.82, 2.24) is 0 Å². The Hall–Kier alpha value is -2.28. The Morgan fingerprint density at radius 2 is 1.91 bits per heavy atom. The van der Waals surface area contributed by atoms with Crippen LogP contribution in [0.15, 0.2) is 53.9 Å². The number of oxime groups is 1. The van der Waals surface area contributed by atoms with E-state index in [4.69, 9.17) is 10.6 Å². The zero-order valence-electron chi connectivity index (χ0n) is 11.6. The highest BCUT2D eigenvalue weighted by molar-refractivity contribution is 7.14. The summed E-state index contributed by atoms with van der Waals surface area (Å²) in [6.07, 6.45) is -4.47. The summed E-state index contributed by atoms with van der Waals surface area (Å²) in [6, 6.07) is 9.67. The van der Waals surface area contributed by atoms with Crippen LogP contribution in [0.5, 0.6) is 0 Å². The van der Waals surface area contributed by atoms with Gasteiger partial charge in [-0.25, -0.2) is 0 Å². The summed E-state index contributed by atoms with van der Waals surface area (Å²) >= 11 is 0.531. The van der Waals surface area contributed by atoms with Crippen LogP contribution in [0.1, 0.15) is 16.7 Å². The Balaban J connectivity index is 2.50. The minimum absolute atomic E-state index is 0.0709. The third-order valence-electron chi connectivity index (χ3n) is 2.63. The van der Waals surface area contributed by atoms with Crippen molar-refractivity contribution in [1.29, 1.82) is 0 Å². The third kappa shape index (κ3) is 3.67. The van der Waals surface area contributed by atoms with E-state index in [1.807, 2.05) is 0 Å². The Bertz CT molecular complexity index is 705. The second-order valence-electron chi connectivity index (χ2n) is 4.49. The second kappa shape index (κ2) is 6.23. The molecule has 1 aromatic carbocycles. The molecule has 0 unspecified atom stereocenters. The molecule has 0 atom stereocenters. The van der Waals surface area contributed by atoms with Crippen LogP contribution in [0.2, 0.25) is 0 Å². The molecule has 0 aliphatic rings. The average Bonchev–Trinajstić information content (AvgIpc) is 2.91. The Morgan fingerprint density at radius 1 is 1.27 bits per heavy atom. The highest BCUT2D eigenvalue weighted by atomic mass is 32.1. The predicted molar refractivity (Wildman–Crippen MR) is 81.4 cm³/mol. The normalized spacial score (nSPS) is 12.3. The van der Waals surface area contributed by atoms with E-state index >= 15 is 0 Å². The molecule has 0 saturated carbocycles. The molecule has 2 N–H and O–H groups in total. The fraction of sp³-hybridized carbons (Fsp3) is 0.133. The van der Waals surface area contributed by atoms with Gasteiger partial charge in [0.15, 0.2) is 5.84 Å². The fourth-order valence-electron chi connectivity index (χ4n) is 1.73. The Morgan fingerprint density at radius 3 is 2.45 bits per heavy atom. The summed E-state index contributed by atoms with van der Waals surface area (Å²) in [5.41, 5.74) is 6.21. The Labute approximate surface area is 129 Å². The van der Waals surface area contributed by atoms with E-state index in [0.29, 0.717) is 22.7 Å². The van der Waals surface area contributed by atoms with E-state index in [-0.39, 0.29) is 16.3 Å². The van der Waals surface area contributed by atoms with Crippen molar-refractivity contribution in [2.45, 2.75) is 13.1 Å². The van der Waals surface area contributed by atoms with Crippen molar-refractivity contribution >= 4 is 17.2 Å². The van der Waals surface area contributed by atoms with Gasteiger partial charge in [-0.3, -0.25) is 0 Å². The van der Waals surface area contributed by atoms with E-state index in [1.165, 1.54) is 6.07 Å². The number of benzene rings is 1. The lowest BCUT2D eigenvalue weighted by atomic mass is 10.1. The standard InChI is InChI=1S/C15H13F3N2OS/c1-9(2)21-20-14(19)12-8-11(10-6-4-3-5-7-10)13(22-12)15(16,17)18/h3-8H,1H2,2H3,(H2,19,20). The lowest BCUT2D eigenvalue weighted by Gasteiger charge is -2.07. The molecular formula is C15H13F3N2OS. The molecule has 0 amide bonds. The van der Waals surface area contributed by atoms with Crippen LogP contribution >= 0.6 is 11.3 Å². The molecule has 0 aliphatic heterocycles. The summed E-state index contributed by atoms with van der Waals surface area (Å²) in [6.45, 7) is 5.03. The lowest BCUT2D eigenvalue weighted by molar-refractivity contribution is -0.133. The van der Waals surface area contributed by atoms with Gasteiger partial charge in [-0.15, -0.1) is 11.3 Å². The maximum absolute atomic E-state index is 13.2. The predicted octanol–water partition coefficient (Wildman–Crippen LogP) is 4.60. The molecule has 0 bridgehead atoms. The first kappa shape index (κ1) is 16.1. The summed E-state index contributed by atoms with van der Waals surface area (Å²) in [4.78, 5) is 4.26. The van der Waals surface area contributed by atoms with Gasteiger partial charge in [0.25, 0.3) is 0 Å². The zero-order chi connectivity index (χ0) is 16.3. The molecule has 0 spiro atoms.